The van der Waals surface area contributed by atoms with E-state index in [0.29, 0.717) is 18.7 Å². The van der Waals surface area contributed by atoms with E-state index in [1.54, 1.807) is 0 Å². The van der Waals surface area contributed by atoms with Crippen LogP contribution in [0, 0.1) is 15.9 Å². The summed E-state index contributed by atoms with van der Waals surface area (Å²) in [6, 6.07) is 3.44. The van der Waals surface area contributed by atoms with Crippen LogP contribution in [0.4, 0.5) is 15.8 Å². The molecule has 0 saturated carbocycles. The highest BCUT2D eigenvalue weighted by Gasteiger charge is 2.13. The minimum absolute atomic E-state index is 0.0102. The fraction of sp³-hybridized carbons (Fsp3) is 0.300. The van der Waals surface area contributed by atoms with Crippen molar-refractivity contribution >= 4 is 17.3 Å². The number of carbonyl (C=O) groups is 1. The van der Waals surface area contributed by atoms with Crippen molar-refractivity contribution in [3.05, 3.63) is 34.1 Å². The monoisotopic (exact) mass is 242 g/mol. The molecule has 0 aliphatic rings. The fourth-order valence-electron chi connectivity index (χ4n) is 1.23. The zero-order valence-corrected chi connectivity index (χ0v) is 8.85. The Kier molecular flexibility index (Phi) is 4.38. The first-order chi connectivity index (χ1) is 8.00. The van der Waals surface area contributed by atoms with Crippen LogP contribution in [0.3, 0.4) is 0 Å². The zero-order valence-electron chi connectivity index (χ0n) is 8.85. The van der Waals surface area contributed by atoms with Gasteiger partial charge in [-0.05, 0) is 18.6 Å². The van der Waals surface area contributed by atoms with Crippen molar-refractivity contribution in [2.45, 2.75) is 12.8 Å². The molecule has 1 aromatic rings. The lowest BCUT2D eigenvalue weighted by atomic mass is 10.2. The molecule has 17 heavy (non-hydrogen) atoms. The first kappa shape index (κ1) is 12.9. The molecule has 7 heteroatoms. The number of carboxylic acid groups (broad SMARTS) is 1. The maximum atomic E-state index is 13.0. The van der Waals surface area contributed by atoms with E-state index in [4.69, 9.17) is 5.11 Å². The van der Waals surface area contributed by atoms with Crippen molar-refractivity contribution in [1.82, 2.24) is 0 Å². The van der Waals surface area contributed by atoms with Gasteiger partial charge in [-0.25, -0.2) is 0 Å². The van der Waals surface area contributed by atoms with Crippen LogP contribution in [0.25, 0.3) is 0 Å². The molecule has 0 saturated heterocycles. The number of anilines is 1. The molecule has 6 nitrogen and oxygen atoms in total. The standard InChI is InChI=1S/C10H11FN2O4/c11-8-4-3-7(6-9(8)13(16)17)12-5-1-2-10(14)15/h3-4,6,12H,1-2,5H2,(H,14,15). The average Bonchev–Trinajstić information content (AvgIpc) is 2.25. The van der Waals surface area contributed by atoms with Gasteiger partial charge in [0.05, 0.1) is 4.92 Å². The zero-order chi connectivity index (χ0) is 12.8. The van der Waals surface area contributed by atoms with Crippen LogP contribution in [-0.4, -0.2) is 22.5 Å². The predicted octanol–water partition coefficient (Wildman–Crippen LogP) is 2.01. The number of rotatable bonds is 6. The Hall–Kier alpha value is -2.18. The van der Waals surface area contributed by atoms with E-state index in [1.807, 2.05) is 0 Å². The molecule has 0 fully saturated rings. The van der Waals surface area contributed by atoms with Crippen molar-refractivity contribution < 1.29 is 19.2 Å². The molecule has 92 valence electrons. The highest BCUT2D eigenvalue weighted by atomic mass is 19.1. The molecule has 0 aromatic heterocycles. The van der Waals surface area contributed by atoms with Gasteiger partial charge in [0.15, 0.2) is 0 Å². The number of nitrogens with one attached hydrogen (secondary N) is 1. The molecule has 0 aliphatic heterocycles. The molecular weight excluding hydrogens is 231 g/mol. The van der Waals surface area contributed by atoms with Crippen molar-refractivity contribution in [2.24, 2.45) is 0 Å². The van der Waals surface area contributed by atoms with Gasteiger partial charge in [0.25, 0.3) is 0 Å². The van der Waals surface area contributed by atoms with E-state index in [-0.39, 0.29) is 6.42 Å². The molecule has 0 bridgehead atoms. The van der Waals surface area contributed by atoms with E-state index < -0.39 is 22.4 Å². The summed E-state index contributed by atoms with van der Waals surface area (Å²) < 4.78 is 13.0. The van der Waals surface area contributed by atoms with Crippen LogP contribution in [0.2, 0.25) is 0 Å². The number of halogens is 1. The topological polar surface area (TPSA) is 92.5 Å². The van der Waals surface area contributed by atoms with E-state index in [0.717, 1.165) is 12.1 Å². The number of benzene rings is 1. The second-order valence-electron chi connectivity index (χ2n) is 3.35. The van der Waals surface area contributed by atoms with Crippen molar-refractivity contribution in [3.8, 4) is 0 Å². The quantitative estimate of drug-likeness (QED) is 0.452. The third-order valence-electron chi connectivity index (χ3n) is 2.04. The molecule has 0 atom stereocenters. The Morgan fingerprint density at radius 3 is 2.82 bits per heavy atom. The minimum atomic E-state index is -0.906. The molecule has 0 unspecified atom stereocenters. The van der Waals surface area contributed by atoms with Crippen LogP contribution in [0.1, 0.15) is 12.8 Å². The van der Waals surface area contributed by atoms with E-state index in [9.17, 15) is 19.3 Å². The largest absolute Gasteiger partial charge is 0.481 e. The summed E-state index contributed by atoms with van der Waals surface area (Å²) in [7, 11) is 0. The smallest absolute Gasteiger partial charge is 0.306 e. The Morgan fingerprint density at radius 1 is 1.53 bits per heavy atom. The summed E-state index contributed by atoms with van der Waals surface area (Å²) in [6.07, 6.45) is 0.400. The first-order valence-corrected chi connectivity index (χ1v) is 4.90. The van der Waals surface area contributed by atoms with Crippen LogP contribution >= 0.6 is 0 Å². The normalized spacial score (nSPS) is 9.94. The van der Waals surface area contributed by atoms with Gasteiger partial charge >= 0.3 is 11.7 Å². The SMILES string of the molecule is O=C(O)CCCNc1ccc(F)c([N+](=O)[O-])c1. The third-order valence-corrected chi connectivity index (χ3v) is 2.04. The molecule has 0 amide bonds. The van der Waals surface area contributed by atoms with Gasteiger partial charge < -0.3 is 10.4 Å². The van der Waals surface area contributed by atoms with Crippen molar-refractivity contribution in [3.63, 3.8) is 0 Å². The summed E-state index contributed by atoms with van der Waals surface area (Å²) >= 11 is 0. The van der Waals surface area contributed by atoms with Gasteiger partial charge in [-0.1, -0.05) is 0 Å². The van der Waals surface area contributed by atoms with Crippen LogP contribution in [0.5, 0.6) is 0 Å². The lowest BCUT2D eigenvalue weighted by molar-refractivity contribution is -0.387. The minimum Gasteiger partial charge on any atom is -0.481 e. The van der Waals surface area contributed by atoms with Crippen LogP contribution in [-0.2, 0) is 4.79 Å². The molecule has 0 aliphatic carbocycles. The molecule has 1 aromatic carbocycles. The van der Waals surface area contributed by atoms with Crippen molar-refractivity contribution in [1.29, 1.82) is 0 Å². The molecule has 0 radical (unpaired) electrons. The molecule has 1 rings (SSSR count). The summed E-state index contributed by atoms with van der Waals surface area (Å²) in [4.78, 5) is 19.9. The summed E-state index contributed by atoms with van der Waals surface area (Å²) in [5, 5.41) is 21.6. The third kappa shape index (κ3) is 4.06. The summed E-state index contributed by atoms with van der Waals surface area (Å²) in [5.74, 6) is -1.80. The molecular formula is C10H11FN2O4. The summed E-state index contributed by atoms with van der Waals surface area (Å²) in [6.45, 7) is 0.356. The Balaban J connectivity index is 2.57. The lowest BCUT2D eigenvalue weighted by Crippen LogP contribution is -2.05. The Morgan fingerprint density at radius 2 is 2.24 bits per heavy atom. The number of hydrogen-bond donors (Lipinski definition) is 2. The lowest BCUT2D eigenvalue weighted by Gasteiger charge is -2.05. The van der Waals surface area contributed by atoms with Gasteiger partial charge in [0, 0.05) is 24.7 Å². The van der Waals surface area contributed by atoms with Gasteiger partial charge in [0.2, 0.25) is 5.82 Å². The van der Waals surface area contributed by atoms with E-state index >= 15 is 0 Å². The molecule has 0 spiro atoms. The number of nitro groups is 1. The van der Waals surface area contributed by atoms with Crippen molar-refractivity contribution in [2.75, 3.05) is 11.9 Å². The van der Waals surface area contributed by atoms with Crippen LogP contribution < -0.4 is 5.32 Å². The highest BCUT2D eigenvalue weighted by molar-refractivity contribution is 5.66. The van der Waals surface area contributed by atoms with Crippen LogP contribution in [0.15, 0.2) is 18.2 Å². The molecule has 0 heterocycles. The second-order valence-corrected chi connectivity index (χ2v) is 3.35. The maximum Gasteiger partial charge on any atom is 0.306 e. The number of nitrogens with zero attached hydrogens (tertiary/aromatic N) is 1. The van der Waals surface area contributed by atoms with E-state index in [2.05, 4.69) is 5.32 Å². The van der Waals surface area contributed by atoms with E-state index in [1.165, 1.54) is 6.07 Å². The first-order valence-electron chi connectivity index (χ1n) is 4.90. The van der Waals surface area contributed by atoms with Gasteiger partial charge in [-0.2, -0.15) is 4.39 Å². The number of nitro benzene ring substituents is 1. The average molecular weight is 242 g/mol. The van der Waals surface area contributed by atoms with Gasteiger partial charge in [0.1, 0.15) is 0 Å². The van der Waals surface area contributed by atoms with Gasteiger partial charge in [-0.3, -0.25) is 14.9 Å². The second kappa shape index (κ2) is 5.78. The fourth-order valence-corrected chi connectivity index (χ4v) is 1.23. The number of carboxylic acids is 1. The molecule has 2 N–H and O–H groups in total. The Labute approximate surface area is 96.2 Å². The Bertz CT molecular complexity index is 436. The number of hydrogen-bond acceptors (Lipinski definition) is 4. The van der Waals surface area contributed by atoms with Gasteiger partial charge in [-0.15, -0.1) is 0 Å². The maximum absolute atomic E-state index is 13.0. The highest BCUT2D eigenvalue weighted by Crippen LogP contribution is 2.21. The summed E-state index contributed by atoms with van der Waals surface area (Å²) in [5.41, 5.74) is -0.211. The number of aliphatic carboxylic acids is 1. The predicted molar refractivity (Wildman–Crippen MR) is 58.4 cm³/mol.